The number of ether oxygens (including phenoxy) is 3. The predicted molar refractivity (Wildman–Crippen MR) is 61.5 cm³/mol. The molecule has 0 saturated carbocycles. The molecule has 0 aromatic heterocycles. The first-order valence-electron chi connectivity index (χ1n) is 6.07. The van der Waals surface area contributed by atoms with Crippen molar-refractivity contribution in [3.63, 3.8) is 0 Å². The summed E-state index contributed by atoms with van der Waals surface area (Å²) in [6, 6.07) is 9.56. The van der Waals surface area contributed by atoms with Crippen LogP contribution in [0.15, 0.2) is 30.3 Å². The first-order valence-corrected chi connectivity index (χ1v) is 6.07. The summed E-state index contributed by atoms with van der Waals surface area (Å²) < 4.78 is 16.6. The van der Waals surface area contributed by atoms with Gasteiger partial charge in [0, 0.05) is 12.0 Å². The van der Waals surface area contributed by atoms with E-state index in [1.54, 1.807) is 0 Å². The minimum absolute atomic E-state index is 0.169. The van der Waals surface area contributed by atoms with E-state index in [9.17, 15) is 10.2 Å². The molecule has 2 aliphatic heterocycles. The zero-order valence-electron chi connectivity index (χ0n) is 9.81. The van der Waals surface area contributed by atoms with E-state index in [4.69, 9.17) is 14.2 Å². The van der Waals surface area contributed by atoms with Crippen LogP contribution in [0.1, 0.15) is 18.3 Å². The highest BCUT2D eigenvalue weighted by molar-refractivity contribution is 5.16. The van der Waals surface area contributed by atoms with Crippen LogP contribution < -0.4 is 0 Å². The monoisotopic (exact) mass is 252 g/mol. The molecule has 1 aromatic carbocycles. The Labute approximate surface area is 105 Å². The van der Waals surface area contributed by atoms with Crippen LogP contribution >= 0.6 is 0 Å². The third kappa shape index (κ3) is 2.28. The summed E-state index contributed by atoms with van der Waals surface area (Å²) in [5.41, 5.74) is 0.911. The van der Waals surface area contributed by atoms with Crippen LogP contribution in [0.5, 0.6) is 0 Å². The summed E-state index contributed by atoms with van der Waals surface area (Å²) in [7, 11) is 0. The second kappa shape index (κ2) is 4.95. The molecule has 1 unspecified atom stereocenters. The molecule has 2 heterocycles. The molecule has 5 heteroatoms. The standard InChI is InChI=1S/C13H16O5/c14-9-6-11(15)17-10-7-16-13(18-12(9)10)8-4-2-1-3-5-8/h1-5,9-15H,6-7H2/t9-,10-,11+,12-,13?/m1/s1. The van der Waals surface area contributed by atoms with Crippen molar-refractivity contribution in [3.8, 4) is 0 Å². The first kappa shape index (κ1) is 12.1. The van der Waals surface area contributed by atoms with Crippen molar-refractivity contribution in [3.05, 3.63) is 35.9 Å². The average molecular weight is 252 g/mol. The molecule has 5 atom stereocenters. The Kier molecular flexibility index (Phi) is 3.32. The molecule has 2 aliphatic rings. The van der Waals surface area contributed by atoms with Crippen LogP contribution in [0.25, 0.3) is 0 Å². The van der Waals surface area contributed by atoms with Crippen molar-refractivity contribution in [2.24, 2.45) is 0 Å². The summed E-state index contributed by atoms with van der Waals surface area (Å²) in [6.45, 7) is 0.304. The molecule has 2 fully saturated rings. The Morgan fingerprint density at radius 1 is 1.06 bits per heavy atom. The van der Waals surface area contributed by atoms with Gasteiger partial charge in [-0.3, -0.25) is 0 Å². The Hall–Kier alpha value is -0.980. The van der Waals surface area contributed by atoms with Gasteiger partial charge in [0.25, 0.3) is 0 Å². The number of benzene rings is 1. The van der Waals surface area contributed by atoms with E-state index in [2.05, 4.69) is 0 Å². The molecule has 0 amide bonds. The summed E-state index contributed by atoms with van der Waals surface area (Å²) in [6.07, 6.45) is -2.85. The van der Waals surface area contributed by atoms with Gasteiger partial charge in [0.2, 0.25) is 0 Å². The highest BCUT2D eigenvalue weighted by Gasteiger charge is 2.43. The summed E-state index contributed by atoms with van der Waals surface area (Å²) in [5.74, 6) is 0. The Morgan fingerprint density at radius 3 is 2.61 bits per heavy atom. The van der Waals surface area contributed by atoms with Crippen LogP contribution in [0, 0.1) is 0 Å². The highest BCUT2D eigenvalue weighted by atomic mass is 16.7. The van der Waals surface area contributed by atoms with Crippen molar-refractivity contribution in [2.75, 3.05) is 6.61 Å². The summed E-state index contributed by atoms with van der Waals surface area (Å²) in [5, 5.41) is 19.3. The van der Waals surface area contributed by atoms with Gasteiger partial charge in [-0.25, -0.2) is 0 Å². The van der Waals surface area contributed by atoms with Gasteiger partial charge in [-0.1, -0.05) is 30.3 Å². The molecule has 1 aromatic rings. The van der Waals surface area contributed by atoms with Gasteiger partial charge >= 0.3 is 0 Å². The molecular formula is C13H16O5. The van der Waals surface area contributed by atoms with E-state index in [1.807, 2.05) is 30.3 Å². The SMILES string of the molecule is O[C@@H]1C[C@@H](O)[C@H]2OC(c3ccccc3)OC[C@H]2O1. The van der Waals surface area contributed by atoms with E-state index in [-0.39, 0.29) is 6.42 Å². The largest absolute Gasteiger partial charge is 0.390 e. The lowest BCUT2D eigenvalue weighted by Gasteiger charge is -2.43. The minimum atomic E-state index is -0.943. The molecule has 0 aliphatic carbocycles. The number of hydrogen-bond donors (Lipinski definition) is 2. The van der Waals surface area contributed by atoms with E-state index in [0.717, 1.165) is 5.56 Å². The zero-order chi connectivity index (χ0) is 12.5. The van der Waals surface area contributed by atoms with E-state index < -0.39 is 30.9 Å². The molecule has 3 rings (SSSR count). The number of rotatable bonds is 1. The van der Waals surface area contributed by atoms with Gasteiger partial charge in [-0.2, -0.15) is 0 Å². The van der Waals surface area contributed by atoms with Crippen molar-refractivity contribution in [1.82, 2.24) is 0 Å². The van der Waals surface area contributed by atoms with Gasteiger partial charge in [0.15, 0.2) is 12.6 Å². The van der Waals surface area contributed by atoms with Crippen molar-refractivity contribution < 1.29 is 24.4 Å². The molecule has 2 saturated heterocycles. The average Bonchev–Trinajstić information content (AvgIpc) is 2.39. The maximum absolute atomic E-state index is 9.92. The molecule has 0 bridgehead atoms. The van der Waals surface area contributed by atoms with Crippen LogP contribution in [-0.2, 0) is 14.2 Å². The molecule has 2 N–H and O–H groups in total. The van der Waals surface area contributed by atoms with Crippen LogP contribution in [0.4, 0.5) is 0 Å². The lowest BCUT2D eigenvalue weighted by molar-refractivity contribution is -0.331. The number of hydrogen-bond acceptors (Lipinski definition) is 5. The van der Waals surface area contributed by atoms with Crippen LogP contribution in [0.3, 0.4) is 0 Å². The molecule has 0 spiro atoms. The maximum atomic E-state index is 9.92. The lowest BCUT2D eigenvalue weighted by atomic mass is 10.0. The normalized spacial score (nSPS) is 40.2. The minimum Gasteiger partial charge on any atom is -0.390 e. The van der Waals surface area contributed by atoms with Crippen molar-refractivity contribution in [2.45, 2.75) is 37.3 Å². The fourth-order valence-electron chi connectivity index (χ4n) is 2.38. The third-order valence-corrected chi connectivity index (χ3v) is 3.29. The topological polar surface area (TPSA) is 68.2 Å². The lowest BCUT2D eigenvalue weighted by Crippen LogP contribution is -2.54. The Morgan fingerprint density at radius 2 is 1.83 bits per heavy atom. The van der Waals surface area contributed by atoms with Gasteiger partial charge in [0.1, 0.15) is 12.2 Å². The third-order valence-electron chi connectivity index (χ3n) is 3.29. The van der Waals surface area contributed by atoms with E-state index in [0.29, 0.717) is 6.61 Å². The smallest absolute Gasteiger partial charge is 0.184 e. The Balaban J connectivity index is 1.73. The van der Waals surface area contributed by atoms with E-state index in [1.165, 1.54) is 0 Å². The van der Waals surface area contributed by atoms with Gasteiger partial charge in [-0.05, 0) is 0 Å². The summed E-state index contributed by atoms with van der Waals surface area (Å²) >= 11 is 0. The van der Waals surface area contributed by atoms with Gasteiger partial charge < -0.3 is 24.4 Å². The van der Waals surface area contributed by atoms with Crippen molar-refractivity contribution in [1.29, 1.82) is 0 Å². The number of aliphatic hydroxyl groups is 2. The van der Waals surface area contributed by atoms with Gasteiger partial charge in [-0.15, -0.1) is 0 Å². The maximum Gasteiger partial charge on any atom is 0.184 e. The Bertz CT molecular complexity index is 396. The molecule has 18 heavy (non-hydrogen) atoms. The fourth-order valence-corrected chi connectivity index (χ4v) is 2.38. The van der Waals surface area contributed by atoms with Crippen LogP contribution in [0.2, 0.25) is 0 Å². The number of fused-ring (bicyclic) bond motifs is 1. The quantitative estimate of drug-likeness (QED) is 0.764. The van der Waals surface area contributed by atoms with Gasteiger partial charge in [0.05, 0.1) is 12.7 Å². The molecular weight excluding hydrogens is 236 g/mol. The molecule has 0 radical (unpaired) electrons. The highest BCUT2D eigenvalue weighted by Crippen LogP contribution is 2.33. The number of aliphatic hydroxyl groups excluding tert-OH is 2. The zero-order valence-corrected chi connectivity index (χ0v) is 9.81. The fraction of sp³-hybridized carbons (Fsp3) is 0.538. The van der Waals surface area contributed by atoms with Crippen molar-refractivity contribution >= 4 is 0 Å². The van der Waals surface area contributed by atoms with Crippen LogP contribution in [-0.4, -0.2) is 41.4 Å². The molecule has 5 nitrogen and oxygen atoms in total. The van der Waals surface area contributed by atoms with E-state index >= 15 is 0 Å². The first-order chi connectivity index (χ1) is 8.74. The molecule has 98 valence electrons. The predicted octanol–water partition coefficient (Wildman–Crippen LogP) is 0.569. The summed E-state index contributed by atoms with van der Waals surface area (Å²) in [4.78, 5) is 0. The second-order valence-corrected chi connectivity index (χ2v) is 4.61. The second-order valence-electron chi connectivity index (χ2n) is 4.61.